The fraction of sp³-hybridized carbons (Fsp3) is 0.357. The van der Waals surface area contributed by atoms with Crippen molar-refractivity contribution in [2.24, 2.45) is 0 Å². The molecule has 1 aromatic heterocycles. The summed E-state index contributed by atoms with van der Waals surface area (Å²) in [6.45, 7) is 1.54. The van der Waals surface area contributed by atoms with Crippen molar-refractivity contribution in [3.05, 3.63) is 30.0 Å². The fourth-order valence-corrected chi connectivity index (χ4v) is 1.90. The minimum atomic E-state index is 0.338. The van der Waals surface area contributed by atoms with Crippen molar-refractivity contribution < 1.29 is 4.74 Å². The number of methoxy groups -OCH3 is 1. The molecule has 0 saturated carbocycles. The van der Waals surface area contributed by atoms with Crippen LogP contribution in [0.4, 0.5) is 5.69 Å². The first kappa shape index (κ1) is 13.2. The maximum atomic E-state index is 9.11. The van der Waals surface area contributed by atoms with E-state index in [-0.39, 0.29) is 0 Å². The lowest BCUT2D eigenvalue weighted by Gasteiger charge is -2.10. The predicted octanol–water partition coefficient (Wildman–Crippen LogP) is 2.34. The summed E-state index contributed by atoms with van der Waals surface area (Å²) in [7, 11) is 1.70. The number of anilines is 1. The third-order valence-electron chi connectivity index (χ3n) is 2.85. The number of hydrogen-bond donors (Lipinski definition) is 1. The molecule has 19 heavy (non-hydrogen) atoms. The molecular weight excluding hydrogens is 240 g/mol. The van der Waals surface area contributed by atoms with Crippen LogP contribution in [0, 0.1) is 11.3 Å². The van der Waals surface area contributed by atoms with E-state index >= 15 is 0 Å². The van der Waals surface area contributed by atoms with Crippen molar-refractivity contribution in [3.8, 4) is 6.07 Å². The van der Waals surface area contributed by atoms with Gasteiger partial charge in [0.25, 0.3) is 0 Å². The van der Waals surface area contributed by atoms with E-state index in [1.807, 2.05) is 24.3 Å². The number of benzene rings is 1. The van der Waals surface area contributed by atoms with Crippen LogP contribution in [-0.4, -0.2) is 30.5 Å². The zero-order valence-corrected chi connectivity index (χ0v) is 10.9. The Morgan fingerprint density at radius 1 is 1.26 bits per heavy atom. The largest absolute Gasteiger partial charge is 0.385 e. The number of hydrogen-bond acceptors (Lipinski definition) is 5. The number of nitrogens with one attached hydrogen (secondary N) is 1. The average Bonchev–Trinajstić information content (AvgIpc) is 2.47. The van der Waals surface area contributed by atoms with Crippen molar-refractivity contribution in [3.63, 3.8) is 0 Å². The van der Waals surface area contributed by atoms with Gasteiger partial charge in [-0.15, -0.1) is 10.2 Å². The van der Waals surface area contributed by atoms with Gasteiger partial charge in [-0.05, 0) is 18.9 Å². The number of aromatic nitrogens is 2. The molecule has 2 rings (SSSR count). The minimum Gasteiger partial charge on any atom is -0.385 e. The standard InChI is InChI=1S/C14H16N4O/c1-19-9-5-4-8-16-14-11-6-2-3-7-12(11)17-18-13(14)10-15/h2-3,6-7H,4-5,8-9H2,1H3,(H,16,17). The molecule has 5 nitrogen and oxygen atoms in total. The predicted molar refractivity (Wildman–Crippen MR) is 73.9 cm³/mol. The summed E-state index contributed by atoms with van der Waals surface area (Å²) < 4.78 is 5.01. The molecule has 0 aliphatic carbocycles. The van der Waals surface area contributed by atoms with Crippen LogP contribution in [0.15, 0.2) is 24.3 Å². The number of fused-ring (bicyclic) bond motifs is 1. The fourth-order valence-electron chi connectivity index (χ4n) is 1.90. The highest BCUT2D eigenvalue weighted by Crippen LogP contribution is 2.23. The van der Waals surface area contributed by atoms with Gasteiger partial charge in [0.05, 0.1) is 11.2 Å². The summed E-state index contributed by atoms with van der Waals surface area (Å²) >= 11 is 0. The summed E-state index contributed by atoms with van der Waals surface area (Å²) in [6, 6.07) is 9.75. The average molecular weight is 256 g/mol. The lowest BCUT2D eigenvalue weighted by molar-refractivity contribution is 0.194. The maximum absolute atomic E-state index is 9.11. The Balaban J connectivity index is 2.17. The molecule has 0 bridgehead atoms. The Morgan fingerprint density at radius 3 is 2.89 bits per heavy atom. The Labute approximate surface area is 112 Å². The summed E-state index contributed by atoms with van der Waals surface area (Å²) in [5.41, 5.74) is 1.90. The lowest BCUT2D eigenvalue weighted by Crippen LogP contribution is -2.07. The van der Waals surface area contributed by atoms with Gasteiger partial charge in [0.1, 0.15) is 6.07 Å². The monoisotopic (exact) mass is 256 g/mol. The van der Waals surface area contributed by atoms with Crippen molar-refractivity contribution in [2.75, 3.05) is 25.6 Å². The molecule has 1 N–H and O–H groups in total. The van der Waals surface area contributed by atoms with Crippen LogP contribution < -0.4 is 5.32 Å². The van der Waals surface area contributed by atoms with E-state index in [2.05, 4.69) is 21.6 Å². The van der Waals surface area contributed by atoms with Gasteiger partial charge < -0.3 is 10.1 Å². The van der Waals surface area contributed by atoms with E-state index < -0.39 is 0 Å². The number of nitriles is 1. The van der Waals surface area contributed by atoms with E-state index in [0.29, 0.717) is 5.69 Å². The van der Waals surface area contributed by atoms with Gasteiger partial charge in [-0.2, -0.15) is 5.26 Å². The number of unbranched alkanes of at least 4 members (excludes halogenated alkanes) is 1. The summed E-state index contributed by atoms with van der Waals surface area (Å²) in [4.78, 5) is 0. The molecule has 0 saturated heterocycles. The van der Waals surface area contributed by atoms with Crippen molar-refractivity contribution in [1.82, 2.24) is 10.2 Å². The second-order valence-corrected chi connectivity index (χ2v) is 4.18. The summed E-state index contributed by atoms with van der Waals surface area (Å²) in [5.74, 6) is 0. The van der Waals surface area contributed by atoms with Crippen LogP contribution in [0.2, 0.25) is 0 Å². The highest BCUT2D eigenvalue weighted by Gasteiger charge is 2.09. The topological polar surface area (TPSA) is 70.8 Å². The molecule has 0 unspecified atom stereocenters. The van der Waals surface area contributed by atoms with Crippen molar-refractivity contribution >= 4 is 16.6 Å². The van der Waals surface area contributed by atoms with Crippen LogP contribution in [-0.2, 0) is 4.74 Å². The molecule has 0 fully saturated rings. The van der Waals surface area contributed by atoms with E-state index in [4.69, 9.17) is 10.00 Å². The second kappa shape index (κ2) is 6.66. The minimum absolute atomic E-state index is 0.338. The molecule has 0 radical (unpaired) electrons. The van der Waals surface area contributed by atoms with E-state index in [0.717, 1.165) is 42.6 Å². The normalized spacial score (nSPS) is 10.3. The molecule has 0 aliphatic heterocycles. The molecular formula is C14H16N4O. The SMILES string of the molecule is COCCCCNc1c(C#N)nnc2ccccc12. The Morgan fingerprint density at radius 2 is 2.11 bits per heavy atom. The molecule has 0 atom stereocenters. The first-order valence-corrected chi connectivity index (χ1v) is 6.25. The third kappa shape index (κ3) is 3.18. The van der Waals surface area contributed by atoms with Gasteiger partial charge >= 0.3 is 0 Å². The van der Waals surface area contributed by atoms with Gasteiger partial charge in [0.2, 0.25) is 0 Å². The summed E-state index contributed by atoms with van der Waals surface area (Å²) in [5, 5.41) is 21.3. The lowest BCUT2D eigenvalue weighted by atomic mass is 10.1. The molecule has 1 aromatic carbocycles. The molecule has 5 heteroatoms. The van der Waals surface area contributed by atoms with E-state index in [1.165, 1.54) is 0 Å². The maximum Gasteiger partial charge on any atom is 0.186 e. The van der Waals surface area contributed by atoms with Crippen LogP contribution in [0.25, 0.3) is 10.9 Å². The number of ether oxygens (including phenoxy) is 1. The highest BCUT2D eigenvalue weighted by molar-refractivity contribution is 5.92. The zero-order valence-electron chi connectivity index (χ0n) is 10.9. The summed E-state index contributed by atoms with van der Waals surface area (Å²) in [6.07, 6.45) is 1.97. The van der Waals surface area contributed by atoms with Gasteiger partial charge in [0.15, 0.2) is 5.69 Å². The number of rotatable bonds is 6. The van der Waals surface area contributed by atoms with Gasteiger partial charge in [0, 0.05) is 25.6 Å². The molecule has 0 aliphatic rings. The van der Waals surface area contributed by atoms with Gasteiger partial charge in [-0.1, -0.05) is 18.2 Å². The van der Waals surface area contributed by atoms with Crippen LogP contribution in [0.3, 0.4) is 0 Å². The van der Waals surface area contributed by atoms with Crippen molar-refractivity contribution in [1.29, 1.82) is 5.26 Å². The molecule has 0 spiro atoms. The molecule has 1 heterocycles. The van der Waals surface area contributed by atoms with Crippen LogP contribution >= 0.6 is 0 Å². The Hall–Kier alpha value is -2.19. The van der Waals surface area contributed by atoms with Crippen LogP contribution in [0.5, 0.6) is 0 Å². The van der Waals surface area contributed by atoms with Gasteiger partial charge in [-0.3, -0.25) is 0 Å². The van der Waals surface area contributed by atoms with Crippen LogP contribution in [0.1, 0.15) is 18.5 Å². The first-order chi connectivity index (χ1) is 9.36. The second-order valence-electron chi connectivity index (χ2n) is 4.18. The molecule has 0 amide bonds. The Kier molecular flexibility index (Phi) is 4.65. The van der Waals surface area contributed by atoms with E-state index in [9.17, 15) is 0 Å². The van der Waals surface area contributed by atoms with E-state index in [1.54, 1.807) is 7.11 Å². The Bertz CT molecular complexity index is 592. The highest BCUT2D eigenvalue weighted by atomic mass is 16.5. The molecule has 2 aromatic rings. The number of nitrogens with zero attached hydrogens (tertiary/aromatic N) is 3. The molecule has 98 valence electrons. The third-order valence-corrected chi connectivity index (χ3v) is 2.85. The van der Waals surface area contributed by atoms with Gasteiger partial charge in [-0.25, -0.2) is 0 Å². The quantitative estimate of drug-likeness (QED) is 0.803. The zero-order chi connectivity index (χ0) is 13.5. The first-order valence-electron chi connectivity index (χ1n) is 6.25. The van der Waals surface area contributed by atoms with Crippen molar-refractivity contribution in [2.45, 2.75) is 12.8 Å². The smallest absolute Gasteiger partial charge is 0.186 e.